The average Bonchev–Trinajstić information content (AvgIpc) is 2.09. The van der Waals surface area contributed by atoms with Gasteiger partial charge >= 0.3 is 0 Å². The van der Waals surface area contributed by atoms with Crippen LogP contribution >= 0.6 is 11.6 Å². The van der Waals surface area contributed by atoms with Gasteiger partial charge in [0.25, 0.3) is 0 Å². The van der Waals surface area contributed by atoms with Crippen LogP contribution in [0.25, 0.3) is 0 Å². The highest BCUT2D eigenvalue weighted by Gasteiger charge is 2.04. The molecule has 72 valence electrons. The maximum Gasteiger partial charge on any atom is 0.148 e. The molecule has 13 heavy (non-hydrogen) atoms. The van der Waals surface area contributed by atoms with E-state index in [0.717, 1.165) is 6.42 Å². The van der Waals surface area contributed by atoms with E-state index in [1.54, 1.807) is 6.20 Å². The minimum absolute atomic E-state index is 0.275. The van der Waals surface area contributed by atoms with E-state index in [-0.39, 0.29) is 6.04 Å². The molecule has 1 aromatic rings. The molecule has 0 radical (unpaired) electrons. The lowest BCUT2D eigenvalue weighted by atomic mass is 10.2. The molecule has 0 bridgehead atoms. The Balaban J connectivity index is 2.58. The fraction of sp³-hybridized carbons (Fsp3) is 0.500. The molecule has 0 aromatic carbocycles. The van der Waals surface area contributed by atoms with Crippen LogP contribution in [0.5, 0.6) is 0 Å². The summed E-state index contributed by atoms with van der Waals surface area (Å²) in [6.45, 7) is 2.68. The minimum Gasteiger partial charge on any atom is -0.366 e. The molecule has 4 nitrogen and oxygen atoms in total. The van der Waals surface area contributed by atoms with E-state index in [1.807, 2.05) is 6.92 Å². The van der Waals surface area contributed by atoms with E-state index in [4.69, 9.17) is 17.3 Å². The van der Waals surface area contributed by atoms with Gasteiger partial charge in [0, 0.05) is 6.04 Å². The lowest BCUT2D eigenvalue weighted by molar-refractivity contribution is 0.713. The van der Waals surface area contributed by atoms with Crippen LogP contribution in [-0.4, -0.2) is 22.6 Å². The molecule has 1 rings (SSSR count). The first-order chi connectivity index (χ1) is 6.24. The van der Waals surface area contributed by atoms with E-state index in [9.17, 15) is 0 Å². The molecule has 0 spiro atoms. The summed E-state index contributed by atoms with van der Waals surface area (Å²) in [6, 6.07) is 0.275. The normalized spacial score (nSPS) is 12.5. The Bertz CT molecular complexity index is 266. The van der Waals surface area contributed by atoms with Crippen LogP contribution in [0, 0.1) is 0 Å². The Morgan fingerprint density at radius 3 is 3.08 bits per heavy atom. The molecule has 1 atom stereocenters. The summed E-state index contributed by atoms with van der Waals surface area (Å²) in [7, 11) is 0. The minimum atomic E-state index is 0.275. The molecule has 1 aromatic heterocycles. The van der Waals surface area contributed by atoms with Gasteiger partial charge in [-0.2, -0.15) is 0 Å². The highest BCUT2D eigenvalue weighted by atomic mass is 35.5. The zero-order valence-electron chi connectivity index (χ0n) is 7.50. The summed E-state index contributed by atoms with van der Waals surface area (Å²) in [5.74, 6) is 0.664. The summed E-state index contributed by atoms with van der Waals surface area (Å²) in [5.41, 5.74) is 5.42. The maximum absolute atomic E-state index is 5.85. The molecule has 0 aliphatic heterocycles. The Morgan fingerprint density at radius 1 is 1.69 bits per heavy atom. The number of nitrogens with two attached hydrogens (primary N) is 1. The molecule has 0 aliphatic carbocycles. The predicted octanol–water partition coefficient (Wildman–Crippen LogP) is 1.28. The van der Waals surface area contributed by atoms with Crippen molar-refractivity contribution in [1.82, 2.24) is 9.97 Å². The van der Waals surface area contributed by atoms with Crippen molar-refractivity contribution < 1.29 is 0 Å². The fourth-order valence-electron chi connectivity index (χ4n) is 0.974. The molecular weight excluding hydrogens is 188 g/mol. The molecule has 0 saturated carbocycles. The highest BCUT2D eigenvalue weighted by molar-refractivity contribution is 6.32. The van der Waals surface area contributed by atoms with Crippen LogP contribution in [0.1, 0.15) is 13.3 Å². The number of aromatic nitrogens is 2. The molecule has 0 aliphatic rings. The number of nitrogens with zero attached hydrogens (tertiary/aromatic N) is 2. The molecular formula is C8H13ClN4. The zero-order valence-corrected chi connectivity index (χ0v) is 8.25. The Labute approximate surface area is 82.5 Å². The third kappa shape index (κ3) is 3.16. The van der Waals surface area contributed by atoms with Crippen LogP contribution in [0.4, 0.5) is 5.82 Å². The summed E-state index contributed by atoms with van der Waals surface area (Å²) in [5, 5.41) is 3.68. The van der Waals surface area contributed by atoms with Gasteiger partial charge < -0.3 is 11.1 Å². The summed E-state index contributed by atoms with van der Waals surface area (Å²) in [4.78, 5) is 7.80. The van der Waals surface area contributed by atoms with Crippen molar-refractivity contribution in [2.45, 2.75) is 19.4 Å². The van der Waals surface area contributed by atoms with E-state index in [0.29, 0.717) is 17.4 Å². The Morgan fingerprint density at radius 2 is 2.46 bits per heavy atom. The van der Waals surface area contributed by atoms with Gasteiger partial charge in [-0.3, -0.25) is 0 Å². The molecule has 1 heterocycles. The number of anilines is 1. The summed E-state index contributed by atoms with van der Waals surface area (Å²) < 4.78 is 0. The quantitative estimate of drug-likeness (QED) is 0.769. The van der Waals surface area contributed by atoms with Crippen molar-refractivity contribution in [2.75, 3.05) is 11.9 Å². The van der Waals surface area contributed by atoms with Crippen molar-refractivity contribution in [3.8, 4) is 0 Å². The van der Waals surface area contributed by atoms with Gasteiger partial charge in [-0.25, -0.2) is 9.97 Å². The summed E-state index contributed by atoms with van der Waals surface area (Å²) in [6.07, 6.45) is 3.91. The van der Waals surface area contributed by atoms with E-state index in [1.165, 1.54) is 6.33 Å². The number of hydrogen-bond acceptors (Lipinski definition) is 4. The largest absolute Gasteiger partial charge is 0.366 e. The lowest BCUT2D eigenvalue weighted by Gasteiger charge is -2.13. The summed E-state index contributed by atoms with van der Waals surface area (Å²) >= 11 is 5.85. The van der Waals surface area contributed by atoms with E-state index in [2.05, 4.69) is 15.3 Å². The van der Waals surface area contributed by atoms with E-state index >= 15 is 0 Å². The monoisotopic (exact) mass is 200 g/mol. The average molecular weight is 201 g/mol. The van der Waals surface area contributed by atoms with Gasteiger partial charge in [0.2, 0.25) is 0 Å². The third-order valence-electron chi connectivity index (χ3n) is 1.65. The molecule has 1 unspecified atom stereocenters. The van der Waals surface area contributed by atoms with Crippen molar-refractivity contribution in [1.29, 1.82) is 0 Å². The number of hydrogen-bond donors (Lipinski definition) is 2. The van der Waals surface area contributed by atoms with Crippen molar-refractivity contribution >= 4 is 17.4 Å². The topological polar surface area (TPSA) is 63.8 Å². The van der Waals surface area contributed by atoms with Crippen LogP contribution in [0.2, 0.25) is 5.02 Å². The molecule has 0 saturated heterocycles. The van der Waals surface area contributed by atoms with Gasteiger partial charge in [0.05, 0.1) is 6.20 Å². The third-order valence-corrected chi connectivity index (χ3v) is 1.93. The van der Waals surface area contributed by atoms with Crippen LogP contribution in [0.15, 0.2) is 12.5 Å². The predicted molar refractivity (Wildman–Crippen MR) is 53.8 cm³/mol. The van der Waals surface area contributed by atoms with Gasteiger partial charge in [0.1, 0.15) is 17.2 Å². The second kappa shape index (κ2) is 4.99. The first-order valence-electron chi connectivity index (χ1n) is 4.16. The fourth-order valence-corrected chi connectivity index (χ4v) is 1.13. The highest BCUT2D eigenvalue weighted by Crippen LogP contribution is 2.17. The number of nitrogens with one attached hydrogen (secondary N) is 1. The molecule has 3 N–H and O–H groups in total. The number of halogens is 1. The second-order valence-corrected chi connectivity index (χ2v) is 3.25. The smallest absolute Gasteiger partial charge is 0.148 e. The van der Waals surface area contributed by atoms with Gasteiger partial charge in [0.15, 0.2) is 0 Å². The standard InChI is InChI=1S/C8H13ClN4/c1-6(2-3-10)13-8-7(9)4-11-5-12-8/h4-6H,2-3,10H2,1H3,(H,11,12,13). The molecule has 0 fully saturated rings. The van der Waals surface area contributed by atoms with Crippen LogP contribution < -0.4 is 11.1 Å². The Hall–Kier alpha value is -0.870. The Kier molecular flexibility index (Phi) is 3.92. The number of rotatable bonds is 4. The first kappa shape index (κ1) is 10.2. The van der Waals surface area contributed by atoms with E-state index < -0.39 is 0 Å². The van der Waals surface area contributed by atoms with Gasteiger partial charge in [-0.05, 0) is 19.9 Å². The van der Waals surface area contributed by atoms with Crippen LogP contribution in [0.3, 0.4) is 0 Å². The van der Waals surface area contributed by atoms with Crippen molar-refractivity contribution in [3.63, 3.8) is 0 Å². The SMILES string of the molecule is CC(CCN)Nc1ncncc1Cl. The van der Waals surface area contributed by atoms with Crippen molar-refractivity contribution in [3.05, 3.63) is 17.5 Å². The van der Waals surface area contributed by atoms with Gasteiger partial charge in [-0.15, -0.1) is 0 Å². The van der Waals surface area contributed by atoms with Crippen molar-refractivity contribution in [2.24, 2.45) is 5.73 Å². The van der Waals surface area contributed by atoms with Gasteiger partial charge in [-0.1, -0.05) is 11.6 Å². The lowest BCUT2D eigenvalue weighted by Crippen LogP contribution is -2.20. The maximum atomic E-state index is 5.85. The second-order valence-electron chi connectivity index (χ2n) is 2.84. The molecule has 0 amide bonds. The zero-order chi connectivity index (χ0) is 9.68. The molecule has 5 heteroatoms. The first-order valence-corrected chi connectivity index (χ1v) is 4.54. The van der Waals surface area contributed by atoms with Crippen LogP contribution in [-0.2, 0) is 0 Å².